The number of hydrogen-bond donors (Lipinski definition) is 2. The molecule has 124 valence electrons. The van der Waals surface area contributed by atoms with Crippen molar-refractivity contribution in [3.63, 3.8) is 0 Å². The van der Waals surface area contributed by atoms with Gasteiger partial charge in [0.25, 0.3) is 0 Å². The van der Waals surface area contributed by atoms with E-state index in [1.807, 2.05) is 6.07 Å². The van der Waals surface area contributed by atoms with Crippen LogP contribution in [-0.2, 0) is 4.79 Å². The second-order valence-corrected chi connectivity index (χ2v) is 8.42. The summed E-state index contributed by atoms with van der Waals surface area (Å²) in [5, 5.41) is 6.73. The molecule has 1 aromatic carbocycles. The summed E-state index contributed by atoms with van der Waals surface area (Å²) in [5.74, 6) is 2.83. The first kappa shape index (κ1) is 15.2. The third-order valence-corrected chi connectivity index (χ3v) is 6.32. The van der Waals surface area contributed by atoms with Crippen molar-refractivity contribution in [1.29, 1.82) is 0 Å². The summed E-state index contributed by atoms with van der Waals surface area (Å²) < 4.78 is 0. The fourth-order valence-corrected chi connectivity index (χ4v) is 5.74. The van der Waals surface area contributed by atoms with Crippen molar-refractivity contribution in [2.45, 2.75) is 57.9 Å². The van der Waals surface area contributed by atoms with Crippen LogP contribution in [0.4, 0.5) is 5.69 Å². The van der Waals surface area contributed by atoms with Crippen LogP contribution in [0.15, 0.2) is 18.2 Å². The van der Waals surface area contributed by atoms with Crippen molar-refractivity contribution in [1.82, 2.24) is 5.32 Å². The van der Waals surface area contributed by atoms with Crippen molar-refractivity contribution >= 4 is 11.6 Å². The lowest BCUT2D eigenvalue weighted by Crippen LogP contribution is -2.59. The van der Waals surface area contributed by atoms with Gasteiger partial charge in [0.2, 0.25) is 5.91 Å². The van der Waals surface area contributed by atoms with Gasteiger partial charge < -0.3 is 10.6 Å². The average Bonchev–Trinajstić information content (AvgIpc) is 2.47. The van der Waals surface area contributed by atoms with Gasteiger partial charge in [0, 0.05) is 11.2 Å². The Morgan fingerprint density at radius 3 is 2.26 bits per heavy atom. The van der Waals surface area contributed by atoms with Crippen molar-refractivity contribution in [3.8, 4) is 0 Å². The SMILES string of the molecule is Cc1ccc(NC(=O)CNC23CC4CC(CC(C4)C2)C3)c(C)c1. The molecule has 0 radical (unpaired) electrons. The Kier molecular flexibility index (Phi) is 3.72. The Balaban J connectivity index is 1.36. The molecule has 5 rings (SSSR count). The largest absolute Gasteiger partial charge is 0.325 e. The van der Waals surface area contributed by atoms with E-state index in [0.29, 0.717) is 6.54 Å². The molecule has 4 aliphatic carbocycles. The van der Waals surface area contributed by atoms with Crippen LogP contribution in [0.3, 0.4) is 0 Å². The molecule has 2 N–H and O–H groups in total. The molecule has 4 aliphatic rings. The Morgan fingerprint density at radius 2 is 1.70 bits per heavy atom. The Hall–Kier alpha value is -1.35. The van der Waals surface area contributed by atoms with Gasteiger partial charge in [-0.1, -0.05) is 17.7 Å². The number of nitrogens with one attached hydrogen (secondary N) is 2. The fourth-order valence-electron chi connectivity index (χ4n) is 5.74. The van der Waals surface area contributed by atoms with Gasteiger partial charge in [-0.25, -0.2) is 0 Å². The summed E-state index contributed by atoms with van der Waals surface area (Å²) in [6.45, 7) is 4.57. The molecule has 0 saturated heterocycles. The van der Waals surface area contributed by atoms with Gasteiger partial charge >= 0.3 is 0 Å². The van der Waals surface area contributed by atoms with Crippen LogP contribution in [0, 0.1) is 31.6 Å². The average molecular weight is 312 g/mol. The maximum Gasteiger partial charge on any atom is 0.238 e. The van der Waals surface area contributed by atoms with Gasteiger partial charge in [0.1, 0.15) is 0 Å². The number of hydrogen-bond acceptors (Lipinski definition) is 2. The first-order valence-electron chi connectivity index (χ1n) is 9.13. The van der Waals surface area contributed by atoms with Crippen molar-refractivity contribution in [2.75, 3.05) is 11.9 Å². The molecule has 0 spiro atoms. The summed E-state index contributed by atoms with van der Waals surface area (Å²) in [6.07, 6.45) is 8.18. The zero-order valence-corrected chi connectivity index (χ0v) is 14.3. The third kappa shape index (κ3) is 3.03. The van der Waals surface area contributed by atoms with E-state index in [2.05, 4.69) is 36.6 Å². The van der Waals surface area contributed by atoms with Crippen LogP contribution >= 0.6 is 0 Å². The third-order valence-electron chi connectivity index (χ3n) is 6.32. The van der Waals surface area contributed by atoms with Crippen LogP contribution in [0.5, 0.6) is 0 Å². The quantitative estimate of drug-likeness (QED) is 0.888. The van der Waals surface area contributed by atoms with E-state index in [1.54, 1.807) is 0 Å². The molecular weight excluding hydrogens is 284 g/mol. The van der Waals surface area contributed by atoms with Crippen LogP contribution in [0.1, 0.15) is 49.7 Å². The number of rotatable bonds is 4. The van der Waals surface area contributed by atoms with E-state index in [1.165, 1.54) is 44.1 Å². The van der Waals surface area contributed by atoms with E-state index in [0.717, 1.165) is 29.0 Å². The molecule has 23 heavy (non-hydrogen) atoms. The molecule has 0 atom stereocenters. The molecule has 0 aliphatic heterocycles. The highest BCUT2D eigenvalue weighted by atomic mass is 16.1. The monoisotopic (exact) mass is 312 g/mol. The molecular formula is C20H28N2O. The van der Waals surface area contributed by atoms with E-state index < -0.39 is 0 Å². The lowest BCUT2D eigenvalue weighted by molar-refractivity contribution is -0.116. The van der Waals surface area contributed by atoms with Crippen LogP contribution in [-0.4, -0.2) is 18.0 Å². The zero-order chi connectivity index (χ0) is 16.0. The van der Waals surface area contributed by atoms with Gasteiger partial charge in [0.05, 0.1) is 6.54 Å². The highest BCUT2D eigenvalue weighted by molar-refractivity contribution is 5.93. The second-order valence-electron chi connectivity index (χ2n) is 8.42. The standard InChI is InChI=1S/C20H28N2O/c1-13-3-4-18(14(2)5-13)22-19(23)12-21-20-9-15-6-16(10-20)8-17(7-15)11-20/h3-5,15-17,21H,6-12H2,1-2H3,(H,22,23). The zero-order valence-electron chi connectivity index (χ0n) is 14.3. The molecule has 0 aromatic heterocycles. The molecule has 0 heterocycles. The molecule has 3 heteroatoms. The molecule has 1 aromatic rings. The Morgan fingerprint density at radius 1 is 1.09 bits per heavy atom. The summed E-state index contributed by atoms with van der Waals surface area (Å²) in [6, 6.07) is 6.17. The molecule has 4 bridgehead atoms. The number of amides is 1. The second kappa shape index (κ2) is 5.62. The van der Waals surface area contributed by atoms with Crippen LogP contribution in [0.2, 0.25) is 0 Å². The number of anilines is 1. The maximum absolute atomic E-state index is 12.4. The van der Waals surface area contributed by atoms with E-state index in [9.17, 15) is 4.79 Å². The Bertz CT molecular complexity index is 587. The molecule has 1 amide bonds. The number of carbonyl (C=O) groups is 1. The first-order valence-corrected chi connectivity index (χ1v) is 9.13. The van der Waals surface area contributed by atoms with Crippen LogP contribution < -0.4 is 10.6 Å². The number of benzene rings is 1. The summed E-state index contributed by atoms with van der Waals surface area (Å²) in [4.78, 5) is 12.4. The van der Waals surface area contributed by atoms with Gasteiger partial charge in [-0.3, -0.25) is 4.79 Å². The molecule has 3 nitrogen and oxygen atoms in total. The highest BCUT2D eigenvalue weighted by Crippen LogP contribution is 2.55. The topological polar surface area (TPSA) is 41.1 Å². The lowest BCUT2D eigenvalue weighted by atomic mass is 9.53. The Labute approximate surface area is 139 Å². The van der Waals surface area contributed by atoms with Crippen molar-refractivity contribution < 1.29 is 4.79 Å². The van der Waals surface area contributed by atoms with E-state index in [-0.39, 0.29) is 11.4 Å². The van der Waals surface area contributed by atoms with Gasteiger partial charge in [0.15, 0.2) is 0 Å². The summed E-state index contributed by atoms with van der Waals surface area (Å²) >= 11 is 0. The number of aryl methyl sites for hydroxylation is 2. The smallest absolute Gasteiger partial charge is 0.238 e. The van der Waals surface area contributed by atoms with Crippen molar-refractivity contribution in [3.05, 3.63) is 29.3 Å². The van der Waals surface area contributed by atoms with E-state index in [4.69, 9.17) is 0 Å². The minimum Gasteiger partial charge on any atom is -0.325 e. The van der Waals surface area contributed by atoms with Crippen LogP contribution in [0.25, 0.3) is 0 Å². The molecule has 0 unspecified atom stereocenters. The fraction of sp³-hybridized carbons (Fsp3) is 0.650. The molecule has 4 saturated carbocycles. The van der Waals surface area contributed by atoms with E-state index >= 15 is 0 Å². The minimum absolute atomic E-state index is 0.0905. The summed E-state index contributed by atoms with van der Waals surface area (Å²) in [7, 11) is 0. The molecule has 4 fully saturated rings. The highest BCUT2D eigenvalue weighted by Gasteiger charge is 2.50. The van der Waals surface area contributed by atoms with Gasteiger partial charge in [-0.15, -0.1) is 0 Å². The normalized spacial score (nSPS) is 34.6. The summed E-state index contributed by atoms with van der Waals surface area (Å²) in [5.41, 5.74) is 3.56. The first-order chi connectivity index (χ1) is 11.0. The number of carbonyl (C=O) groups excluding carboxylic acids is 1. The minimum atomic E-state index is 0.0905. The maximum atomic E-state index is 12.4. The van der Waals surface area contributed by atoms with Gasteiger partial charge in [-0.2, -0.15) is 0 Å². The van der Waals surface area contributed by atoms with Gasteiger partial charge in [-0.05, 0) is 81.8 Å². The predicted molar refractivity (Wildman–Crippen MR) is 93.5 cm³/mol. The van der Waals surface area contributed by atoms with Crippen molar-refractivity contribution in [2.24, 2.45) is 17.8 Å². The predicted octanol–water partition coefficient (Wildman–Crippen LogP) is 3.80. The lowest BCUT2D eigenvalue weighted by Gasteiger charge is -2.57.